The third-order valence-electron chi connectivity index (χ3n) is 4.21. The summed E-state index contributed by atoms with van der Waals surface area (Å²) in [6.07, 6.45) is 1.80. The molecular formula is C11H16O3. The molecule has 3 heteroatoms. The van der Waals surface area contributed by atoms with Crippen LogP contribution < -0.4 is 0 Å². The first kappa shape index (κ1) is 9.69. The fourth-order valence-corrected chi connectivity index (χ4v) is 3.04. The van der Waals surface area contributed by atoms with Gasteiger partial charge in [0.15, 0.2) is 0 Å². The lowest BCUT2D eigenvalue weighted by atomic mass is 9.46. The van der Waals surface area contributed by atoms with Gasteiger partial charge in [0.05, 0.1) is 6.42 Å². The predicted molar refractivity (Wildman–Crippen MR) is 50.7 cm³/mol. The lowest BCUT2D eigenvalue weighted by Gasteiger charge is -2.57. The molecule has 3 saturated carbocycles. The van der Waals surface area contributed by atoms with Gasteiger partial charge in [0, 0.05) is 11.8 Å². The summed E-state index contributed by atoms with van der Waals surface area (Å²) in [6.45, 7) is 4.25. The normalized spacial score (nSPS) is 39.0. The van der Waals surface area contributed by atoms with Crippen LogP contribution in [0.4, 0.5) is 0 Å². The second kappa shape index (κ2) is 2.81. The molecule has 0 saturated heterocycles. The van der Waals surface area contributed by atoms with E-state index in [2.05, 4.69) is 13.8 Å². The molecule has 0 heterocycles. The Balaban J connectivity index is 2.08. The highest BCUT2D eigenvalue weighted by Crippen LogP contribution is 2.59. The fourth-order valence-electron chi connectivity index (χ4n) is 3.04. The number of carbonyl (C=O) groups excluding carboxylic acids is 1. The molecule has 0 radical (unpaired) electrons. The molecule has 0 aromatic carbocycles. The van der Waals surface area contributed by atoms with Gasteiger partial charge in [0.1, 0.15) is 5.78 Å². The van der Waals surface area contributed by atoms with Crippen molar-refractivity contribution >= 4 is 11.8 Å². The summed E-state index contributed by atoms with van der Waals surface area (Å²) in [5, 5.41) is 8.66. The van der Waals surface area contributed by atoms with E-state index in [-0.39, 0.29) is 29.5 Å². The standard InChI is InChI=1S/C11H16O3/c1-11(2)7-3-6(4-9(12)13)10(14)8(11)5-7/h6-8H,3-5H2,1-2H3,(H,12,13)/t6-,7+,8+/m1/s1. The Hall–Kier alpha value is -0.860. The molecule has 0 amide bonds. The van der Waals surface area contributed by atoms with E-state index in [9.17, 15) is 9.59 Å². The minimum absolute atomic E-state index is 0.0297. The van der Waals surface area contributed by atoms with Gasteiger partial charge in [-0.1, -0.05) is 13.8 Å². The lowest BCUT2D eigenvalue weighted by Crippen LogP contribution is -2.56. The number of rotatable bonds is 2. The number of fused-ring (bicyclic) bond motifs is 2. The second-order valence-electron chi connectivity index (χ2n) is 5.24. The zero-order valence-electron chi connectivity index (χ0n) is 8.62. The van der Waals surface area contributed by atoms with Crippen molar-refractivity contribution in [3.8, 4) is 0 Å². The van der Waals surface area contributed by atoms with Crippen LogP contribution in [0.25, 0.3) is 0 Å². The van der Waals surface area contributed by atoms with E-state index >= 15 is 0 Å². The number of hydrogen-bond acceptors (Lipinski definition) is 2. The summed E-state index contributed by atoms with van der Waals surface area (Å²) in [4.78, 5) is 22.4. The van der Waals surface area contributed by atoms with Crippen molar-refractivity contribution in [3.63, 3.8) is 0 Å². The minimum atomic E-state index is -0.845. The van der Waals surface area contributed by atoms with Gasteiger partial charge in [-0.25, -0.2) is 0 Å². The van der Waals surface area contributed by atoms with E-state index < -0.39 is 5.97 Å². The molecule has 3 aliphatic carbocycles. The average molecular weight is 196 g/mol. The molecule has 0 aliphatic heterocycles. The molecule has 3 atom stereocenters. The summed E-state index contributed by atoms with van der Waals surface area (Å²) in [7, 11) is 0. The first-order chi connectivity index (χ1) is 6.43. The average Bonchev–Trinajstić information content (AvgIpc) is 2.06. The Morgan fingerprint density at radius 1 is 1.50 bits per heavy atom. The van der Waals surface area contributed by atoms with Crippen LogP contribution in [-0.4, -0.2) is 16.9 Å². The van der Waals surface area contributed by atoms with Crippen LogP contribution in [0.3, 0.4) is 0 Å². The van der Waals surface area contributed by atoms with Crippen LogP contribution in [0.5, 0.6) is 0 Å². The molecular weight excluding hydrogens is 180 g/mol. The van der Waals surface area contributed by atoms with E-state index in [4.69, 9.17) is 5.11 Å². The van der Waals surface area contributed by atoms with Crippen LogP contribution in [0.15, 0.2) is 0 Å². The topological polar surface area (TPSA) is 54.4 Å². The zero-order chi connectivity index (χ0) is 10.5. The number of aliphatic carboxylic acids is 1. The quantitative estimate of drug-likeness (QED) is 0.731. The number of carboxylic acid groups (broad SMARTS) is 1. The van der Waals surface area contributed by atoms with Gasteiger partial charge in [0.25, 0.3) is 0 Å². The lowest BCUT2D eigenvalue weighted by molar-refractivity contribution is -0.161. The highest BCUT2D eigenvalue weighted by atomic mass is 16.4. The van der Waals surface area contributed by atoms with Crippen molar-refractivity contribution in [2.24, 2.45) is 23.2 Å². The van der Waals surface area contributed by atoms with Gasteiger partial charge in [-0.3, -0.25) is 9.59 Å². The molecule has 3 fully saturated rings. The van der Waals surface area contributed by atoms with Crippen molar-refractivity contribution < 1.29 is 14.7 Å². The van der Waals surface area contributed by atoms with Crippen LogP contribution in [0, 0.1) is 23.2 Å². The Labute approximate surface area is 83.5 Å². The predicted octanol–water partition coefficient (Wildman–Crippen LogP) is 1.71. The minimum Gasteiger partial charge on any atom is -0.481 e. The molecule has 1 N–H and O–H groups in total. The highest BCUT2D eigenvalue weighted by molar-refractivity contribution is 5.89. The third-order valence-corrected chi connectivity index (χ3v) is 4.21. The van der Waals surface area contributed by atoms with Gasteiger partial charge in [-0.2, -0.15) is 0 Å². The molecule has 2 bridgehead atoms. The number of ketones is 1. The summed E-state index contributed by atoms with van der Waals surface area (Å²) < 4.78 is 0. The van der Waals surface area contributed by atoms with Crippen molar-refractivity contribution in [1.29, 1.82) is 0 Å². The maximum absolute atomic E-state index is 11.9. The summed E-state index contributed by atoms with van der Waals surface area (Å²) in [6, 6.07) is 0. The van der Waals surface area contributed by atoms with Crippen LogP contribution >= 0.6 is 0 Å². The first-order valence-corrected chi connectivity index (χ1v) is 5.18. The monoisotopic (exact) mass is 196 g/mol. The van der Waals surface area contributed by atoms with Crippen molar-refractivity contribution in [3.05, 3.63) is 0 Å². The number of carbonyl (C=O) groups is 2. The molecule has 0 aromatic heterocycles. The number of hydrogen-bond donors (Lipinski definition) is 1. The second-order valence-corrected chi connectivity index (χ2v) is 5.24. The van der Waals surface area contributed by atoms with E-state index in [0.717, 1.165) is 12.8 Å². The molecule has 3 nitrogen and oxygen atoms in total. The smallest absolute Gasteiger partial charge is 0.304 e. The number of carboxylic acids is 1. The van der Waals surface area contributed by atoms with Crippen molar-refractivity contribution in [2.45, 2.75) is 33.1 Å². The first-order valence-electron chi connectivity index (χ1n) is 5.18. The molecule has 14 heavy (non-hydrogen) atoms. The third kappa shape index (κ3) is 1.18. The SMILES string of the molecule is CC1(C)[C@H]2C[C@H](CC(=O)O)C(=O)[C@@H]1C2. The van der Waals surface area contributed by atoms with Gasteiger partial charge in [-0.15, -0.1) is 0 Å². The maximum Gasteiger partial charge on any atom is 0.304 e. The molecule has 0 unspecified atom stereocenters. The molecule has 0 spiro atoms. The summed E-state index contributed by atoms with van der Waals surface area (Å²) in [5.74, 6) is -0.160. The Bertz CT molecular complexity index is 293. The maximum atomic E-state index is 11.9. The van der Waals surface area contributed by atoms with E-state index in [1.165, 1.54) is 0 Å². The van der Waals surface area contributed by atoms with Gasteiger partial charge < -0.3 is 5.11 Å². The van der Waals surface area contributed by atoms with E-state index in [1.54, 1.807) is 0 Å². The number of Topliss-reactive ketones (excluding diaryl/α,β-unsaturated/α-hetero) is 1. The largest absolute Gasteiger partial charge is 0.481 e. The van der Waals surface area contributed by atoms with Crippen LogP contribution in [0.2, 0.25) is 0 Å². The fraction of sp³-hybridized carbons (Fsp3) is 0.818. The molecule has 3 aliphatic rings. The zero-order valence-corrected chi connectivity index (χ0v) is 8.62. The van der Waals surface area contributed by atoms with Crippen LogP contribution in [-0.2, 0) is 9.59 Å². The summed E-state index contributed by atoms with van der Waals surface area (Å²) in [5.41, 5.74) is 0.131. The van der Waals surface area contributed by atoms with Gasteiger partial charge in [-0.05, 0) is 24.2 Å². The van der Waals surface area contributed by atoms with Crippen molar-refractivity contribution in [2.75, 3.05) is 0 Å². The summed E-state index contributed by atoms with van der Waals surface area (Å²) >= 11 is 0. The Kier molecular flexibility index (Phi) is 1.95. The van der Waals surface area contributed by atoms with Crippen molar-refractivity contribution in [1.82, 2.24) is 0 Å². The van der Waals surface area contributed by atoms with E-state index in [0.29, 0.717) is 5.92 Å². The molecule has 0 aromatic rings. The van der Waals surface area contributed by atoms with Gasteiger partial charge in [0.2, 0.25) is 0 Å². The molecule has 78 valence electrons. The highest BCUT2D eigenvalue weighted by Gasteiger charge is 2.57. The Morgan fingerprint density at radius 2 is 2.14 bits per heavy atom. The van der Waals surface area contributed by atoms with Gasteiger partial charge >= 0.3 is 5.97 Å². The molecule has 3 rings (SSSR count). The van der Waals surface area contributed by atoms with Crippen LogP contribution in [0.1, 0.15) is 33.1 Å². The van der Waals surface area contributed by atoms with E-state index in [1.807, 2.05) is 0 Å². The Morgan fingerprint density at radius 3 is 2.57 bits per heavy atom.